The Balaban J connectivity index is 1.71. The maximum absolute atomic E-state index is 11.3. The average Bonchev–Trinajstić information content (AvgIpc) is 3.00. The van der Waals surface area contributed by atoms with Gasteiger partial charge in [-0.1, -0.05) is 6.07 Å². The molecule has 1 aromatic heterocycles. The topological polar surface area (TPSA) is 60.7 Å². The summed E-state index contributed by atoms with van der Waals surface area (Å²) in [6, 6.07) is 6.38. The molecule has 2 unspecified atom stereocenters. The van der Waals surface area contributed by atoms with E-state index in [1.165, 1.54) is 24.2 Å². The van der Waals surface area contributed by atoms with Crippen molar-refractivity contribution in [1.82, 2.24) is 15.3 Å². The summed E-state index contributed by atoms with van der Waals surface area (Å²) in [6.07, 6.45) is 2.62. The van der Waals surface area contributed by atoms with E-state index in [-0.39, 0.29) is 11.7 Å². The molecular formula is C15H21N3OS. The first-order valence-corrected chi connectivity index (χ1v) is 8.14. The van der Waals surface area contributed by atoms with Crippen molar-refractivity contribution >= 4 is 22.8 Å². The van der Waals surface area contributed by atoms with Gasteiger partial charge in [0.1, 0.15) is 0 Å². The van der Waals surface area contributed by atoms with Crippen LogP contribution in [-0.4, -0.2) is 27.0 Å². The zero-order valence-electron chi connectivity index (χ0n) is 12.0. The van der Waals surface area contributed by atoms with Crippen LogP contribution in [0.5, 0.6) is 0 Å². The molecule has 0 amide bonds. The molecule has 3 rings (SSSR count). The lowest BCUT2D eigenvalue weighted by molar-refractivity contribution is 0.490. The van der Waals surface area contributed by atoms with Crippen molar-refractivity contribution in [3.8, 4) is 0 Å². The van der Waals surface area contributed by atoms with E-state index in [0.29, 0.717) is 4.75 Å². The van der Waals surface area contributed by atoms with Crippen LogP contribution in [0.1, 0.15) is 38.3 Å². The second-order valence-corrected chi connectivity index (χ2v) is 7.57. The van der Waals surface area contributed by atoms with Gasteiger partial charge in [-0.25, -0.2) is 4.79 Å². The zero-order valence-corrected chi connectivity index (χ0v) is 12.8. The Morgan fingerprint density at radius 1 is 1.40 bits per heavy atom. The van der Waals surface area contributed by atoms with Gasteiger partial charge in [0.05, 0.1) is 11.0 Å². The number of hydrogen-bond acceptors (Lipinski definition) is 3. The molecule has 1 aromatic carbocycles. The Morgan fingerprint density at radius 3 is 2.95 bits per heavy atom. The molecule has 1 aliphatic rings. The summed E-state index contributed by atoms with van der Waals surface area (Å²) in [5.41, 5.74) is 2.80. The molecule has 108 valence electrons. The van der Waals surface area contributed by atoms with Crippen molar-refractivity contribution in [2.75, 3.05) is 12.3 Å². The van der Waals surface area contributed by atoms with E-state index in [0.717, 1.165) is 17.6 Å². The number of aromatic amines is 2. The summed E-state index contributed by atoms with van der Waals surface area (Å²) in [4.78, 5) is 16.9. The molecular weight excluding hydrogens is 270 g/mol. The first-order chi connectivity index (χ1) is 9.56. The highest BCUT2D eigenvalue weighted by Gasteiger charge is 2.29. The number of aromatic nitrogens is 2. The molecule has 0 aliphatic carbocycles. The Hall–Kier alpha value is -1.20. The third-order valence-electron chi connectivity index (χ3n) is 4.12. The van der Waals surface area contributed by atoms with Crippen LogP contribution in [0.2, 0.25) is 0 Å². The minimum atomic E-state index is -0.146. The summed E-state index contributed by atoms with van der Waals surface area (Å²) in [5.74, 6) is 1.28. The first-order valence-electron chi connectivity index (χ1n) is 7.15. The third kappa shape index (κ3) is 2.79. The predicted molar refractivity (Wildman–Crippen MR) is 85.4 cm³/mol. The number of rotatable bonds is 4. The van der Waals surface area contributed by atoms with Gasteiger partial charge < -0.3 is 15.3 Å². The lowest BCUT2D eigenvalue weighted by atomic mass is 10.0. The lowest BCUT2D eigenvalue weighted by Gasteiger charge is -2.25. The van der Waals surface area contributed by atoms with Gasteiger partial charge in [-0.2, -0.15) is 11.8 Å². The van der Waals surface area contributed by atoms with E-state index in [1.54, 1.807) is 0 Å². The minimum absolute atomic E-state index is 0.146. The number of fused-ring (bicyclic) bond motifs is 1. The van der Waals surface area contributed by atoms with Crippen molar-refractivity contribution in [3.05, 3.63) is 34.2 Å². The largest absolute Gasteiger partial charge is 0.323 e. The van der Waals surface area contributed by atoms with Gasteiger partial charge >= 0.3 is 5.69 Å². The summed E-state index contributed by atoms with van der Waals surface area (Å²) in [5, 5.41) is 3.63. The molecule has 0 spiro atoms. The van der Waals surface area contributed by atoms with Gasteiger partial charge in [-0.05, 0) is 50.1 Å². The van der Waals surface area contributed by atoms with Crippen LogP contribution in [-0.2, 0) is 0 Å². The summed E-state index contributed by atoms with van der Waals surface area (Å²) in [7, 11) is 0. The van der Waals surface area contributed by atoms with Crippen molar-refractivity contribution in [2.45, 2.75) is 37.5 Å². The van der Waals surface area contributed by atoms with Crippen LogP contribution < -0.4 is 11.0 Å². The van der Waals surface area contributed by atoms with Crippen LogP contribution in [0, 0.1) is 0 Å². The Labute approximate surface area is 122 Å². The molecule has 0 saturated carbocycles. The highest BCUT2D eigenvalue weighted by atomic mass is 32.2. The summed E-state index contributed by atoms with van der Waals surface area (Å²) < 4.78 is 0.376. The number of nitrogens with one attached hydrogen (secondary N) is 3. The molecule has 2 heterocycles. The number of hydrogen-bond donors (Lipinski definition) is 3. The van der Waals surface area contributed by atoms with E-state index >= 15 is 0 Å². The third-order valence-corrected chi connectivity index (χ3v) is 5.66. The zero-order chi connectivity index (χ0) is 14.2. The Kier molecular flexibility index (Phi) is 3.65. The fraction of sp³-hybridized carbons (Fsp3) is 0.533. The second kappa shape index (κ2) is 5.30. The van der Waals surface area contributed by atoms with Gasteiger partial charge in [-0.15, -0.1) is 0 Å². The van der Waals surface area contributed by atoms with Crippen LogP contribution in [0.15, 0.2) is 23.0 Å². The smallest absolute Gasteiger partial charge is 0.309 e. The molecule has 1 fully saturated rings. The Morgan fingerprint density at radius 2 is 2.20 bits per heavy atom. The summed E-state index contributed by atoms with van der Waals surface area (Å²) >= 11 is 2.07. The highest BCUT2D eigenvalue weighted by molar-refractivity contribution is 8.00. The van der Waals surface area contributed by atoms with Crippen LogP contribution in [0.3, 0.4) is 0 Å². The van der Waals surface area contributed by atoms with Crippen LogP contribution in [0.25, 0.3) is 11.0 Å². The predicted octanol–water partition coefficient (Wildman–Crippen LogP) is 2.79. The maximum Gasteiger partial charge on any atom is 0.323 e. The minimum Gasteiger partial charge on any atom is -0.309 e. The SMILES string of the molecule is CC(NCC1(C)CCCS1)c1ccc2[nH]c(=O)[nH]c2c1. The number of H-pyrrole nitrogens is 2. The molecule has 0 radical (unpaired) electrons. The van der Waals surface area contributed by atoms with Gasteiger partial charge in [0.15, 0.2) is 0 Å². The highest BCUT2D eigenvalue weighted by Crippen LogP contribution is 2.37. The molecule has 1 aliphatic heterocycles. The Bertz CT molecular complexity index is 654. The van der Waals surface area contributed by atoms with Crippen molar-refractivity contribution in [2.24, 2.45) is 0 Å². The van der Waals surface area contributed by atoms with Crippen molar-refractivity contribution < 1.29 is 0 Å². The van der Waals surface area contributed by atoms with Gasteiger partial charge in [0, 0.05) is 17.3 Å². The van der Waals surface area contributed by atoms with E-state index in [9.17, 15) is 4.79 Å². The van der Waals surface area contributed by atoms with E-state index in [2.05, 4.69) is 53.0 Å². The van der Waals surface area contributed by atoms with Crippen molar-refractivity contribution in [1.29, 1.82) is 0 Å². The molecule has 20 heavy (non-hydrogen) atoms. The van der Waals surface area contributed by atoms with Gasteiger partial charge in [0.25, 0.3) is 0 Å². The molecule has 1 saturated heterocycles. The quantitative estimate of drug-likeness (QED) is 0.812. The molecule has 2 aromatic rings. The first kappa shape index (κ1) is 13.8. The average molecular weight is 291 g/mol. The van der Waals surface area contributed by atoms with E-state index in [4.69, 9.17) is 0 Å². The van der Waals surface area contributed by atoms with Crippen LogP contribution >= 0.6 is 11.8 Å². The molecule has 2 atom stereocenters. The van der Waals surface area contributed by atoms with Crippen LogP contribution in [0.4, 0.5) is 0 Å². The lowest BCUT2D eigenvalue weighted by Crippen LogP contribution is -2.34. The molecule has 0 bridgehead atoms. The molecule has 4 nitrogen and oxygen atoms in total. The van der Waals surface area contributed by atoms with Gasteiger partial charge in [0.2, 0.25) is 0 Å². The van der Waals surface area contributed by atoms with Gasteiger partial charge in [-0.3, -0.25) is 0 Å². The second-order valence-electron chi connectivity index (χ2n) is 5.89. The normalized spacial score (nSPS) is 24.3. The fourth-order valence-corrected chi connectivity index (χ4v) is 4.04. The number of benzene rings is 1. The standard InChI is InChI=1S/C15H21N3OS/c1-10(16-9-15(2)6-3-7-20-15)11-4-5-12-13(8-11)18-14(19)17-12/h4-5,8,10,16H,3,6-7,9H2,1-2H3,(H2,17,18,19). The van der Waals surface area contributed by atoms with Crippen molar-refractivity contribution in [3.63, 3.8) is 0 Å². The summed E-state index contributed by atoms with van der Waals surface area (Å²) in [6.45, 7) is 5.55. The fourth-order valence-electron chi connectivity index (χ4n) is 2.78. The molecule has 5 heteroatoms. The van der Waals surface area contributed by atoms with E-state index < -0.39 is 0 Å². The molecule has 3 N–H and O–H groups in total. The monoisotopic (exact) mass is 291 g/mol. The maximum atomic E-state index is 11.3. The number of thioether (sulfide) groups is 1. The van der Waals surface area contributed by atoms with E-state index in [1.807, 2.05) is 6.07 Å². The number of imidazole rings is 1.